The van der Waals surface area contributed by atoms with Crippen LogP contribution in [-0.4, -0.2) is 33.4 Å². The predicted molar refractivity (Wildman–Crippen MR) is 82.7 cm³/mol. The van der Waals surface area contributed by atoms with Crippen LogP contribution in [0.4, 0.5) is 0 Å². The van der Waals surface area contributed by atoms with E-state index < -0.39 is 10.1 Å². The summed E-state index contributed by atoms with van der Waals surface area (Å²) in [4.78, 5) is 11.7. The van der Waals surface area contributed by atoms with Crippen molar-refractivity contribution in [2.75, 3.05) is 12.9 Å². The van der Waals surface area contributed by atoms with Gasteiger partial charge in [-0.2, -0.15) is 8.42 Å². The van der Waals surface area contributed by atoms with Gasteiger partial charge in [0, 0.05) is 0 Å². The summed E-state index contributed by atoms with van der Waals surface area (Å²) in [6.07, 6.45) is 2.84. The molecule has 0 amide bonds. The monoisotopic (exact) mass is 316 g/mol. The highest BCUT2D eigenvalue weighted by molar-refractivity contribution is 7.85. The third-order valence-electron chi connectivity index (χ3n) is 2.62. The van der Waals surface area contributed by atoms with Gasteiger partial charge in [0.05, 0.1) is 24.5 Å². The molecular formula is C15H24O5S. The molecule has 1 atom stereocenters. The van der Waals surface area contributed by atoms with Crippen LogP contribution < -0.4 is 0 Å². The van der Waals surface area contributed by atoms with Gasteiger partial charge in [-0.25, -0.2) is 4.79 Å². The number of hydrogen-bond donors (Lipinski definition) is 0. The second-order valence-electron chi connectivity index (χ2n) is 4.60. The minimum atomic E-state index is -3.37. The maximum atomic E-state index is 11.7. The largest absolute Gasteiger partial charge is 0.459 e. The molecule has 0 spiro atoms. The van der Waals surface area contributed by atoms with Crippen molar-refractivity contribution in [2.24, 2.45) is 0 Å². The van der Waals surface area contributed by atoms with Crippen LogP contribution in [0.1, 0.15) is 44.0 Å². The molecule has 120 valence electrons. The number of benzene rings is 1. The molecule has 0 saturated carbocycles. The Morgan fingerprint density at radius 1 is 1.19 bits per heavy atom. The number of carbonyl (C=O) groups is 1. The van der Waals surface area contributed by atoms with Crippen LogP contribution in [-0.2, 0) is 19.0 Å². The van der Waals surface area contributed by atoms with Gasteiger partial charge in [-0.05, 0) is 38.3 Å². The molecule has 5 nitrogen and oxygen atoms in total. The molecule has 0 aliphatic rings. The lowest BCUT2D eigenvalue weighted by Crippen LogP contribution is -2.15. The fourth-order valence-corrected chi connectivity index (χ4v) is 2.05. The Morgan fingerprint density at radius 2 is 1.81 bits per heavy atom. The second kappa shape index (κ2) is 9.52. The number of unbranched alkanes of at least 4 members (excludes halogenated alkanes) is 1. The highest BCUT2D eigenvalue weighted by Gasteiger charge is 2.11. The molecule has 1 rings (SSSR count). The fourth-order valence-electron chi connectivity index (χ4n) is 1.63. The molecular weight excluding hydrogens is 292 g/mol. The zero-order chi connectivity index (χ0) is 15.0. The number of hydrogen-bond acceptors (Lipinski definition) is 5. The van der Waals surface area contributed by atoms with Crippen molar-refractivity contribution in [3.05, 3.63) is 35.9 Å². The van der Waals surface area contributed by atoms with Gasteiger partial charge in [0.2, 0.25) is 0 Å². The molecule has 0 fully saturated rings. The van der Waals surface area contributed by atoms with Crippen molar-refractivity contribution >= 4 is 16.1 Å². The normalized spacial score (nSPS) is 12.3. The smallest absolute Gasteiger partial charge is 0.338 e. The van der Waals surface area contributed by atoms with E-state index in [1.807, 2.05) is 13.0 Å². The molecule has 1 aromatic carbocycles. The summed E-state index contributed by atoms with van der Waals surface area (Å²) in [7, 11) is -3.37. The Labute approximate surface area is 127 Å². The van der Waals surface area contributed by atoms with Gasteiger partial charge in [-0.15, -0.1) is 0 Å². The lowest BCUT2D eigenvalue weighted by molar-refractivity contribution is 0.0318. The average molecular weight is 316 g/mol. The summed E-state index contributed by atoms with van der Waals surface area (Å²) in [5.41, 5.74) is 0.528. The molecule has 0 saturated heterocycles. The van der Waals surface area contributed by atoms with Gasteiger partial charge >= 0.3 is 5.97 Å². The van der Waals surface area contributed by atoms with Crippen LogP contribution in [0.5, 0.6) is 0 Å². The van der Waals surface area contributed by atoms with E-state index in [-0.39, 0.29) is 26.1 Å². The van der Waals surface area contributed by atoms with Crippen molar-refractivity contribution in [3.8, 4) is 0 Å². The fraction of sp³-hybridized carbons (Fsp3) is 0.533. The van der Waals surface area contributed by atoms with Crippen LogP contribution in [0.15, 0.2) is 30.3 Å². The summed E-state index contributed by atoms with van der Waals surface area (Å²) in [6, 6.07) is 8.81. The van der Waals surface area contributed by atoms with E-state index in [0.29, 0.717) is 18.4 Å². The molecule has 21 heavy (non-hydrogen) atoms. The number of esters is 1. The lowest BCUT2D eigenvalue weighted by atomic mass is 10.2. The van der Waals surface area contributed by atoms with E-state index in [1.54, 1.807) is 24.3 Å². The number of rotatable bonds is 8. The Bertz CT molecular complexity index is 510. The molecule has 1 aromatic rings. The maximum absolute atomic E-state index is 11.7. The lowest BCUT2D eigenvalue weighted by Gasteiger charge is -2.13. The van der Waals surface area contributed by atoms with Gasteiger partial charge in [0.15, 0.2) is 0 Å². The van der Waals surface area contributed by atoms with E-state index in [9.17, 15) is 13.2 Å². The van der Waals surface area contributed by atoms with Crippen molar-refractivity contribution < 1.29 is 22.1 Å². The van der Waals surface area contributed by atoms with E-state index in [2.05, 4.69) is 4.18 Å². The van der Waals surface area contributed by atoms with Crippen LogP contribution in [0, 0.1) is 0 Å². The van der Waals surface area contributed by atoms with Crippen molar-refractivity contribution in [2.45, 2.75) is 39.7 Å². The first kappa shape index (κ1) is 19.6. The SMILES string of the molecule is C.C[C@H](CCCCOS(C)(=O)=O)OC(=O)c1ccccc1. The van der Waals surface area contributed by atoms with Gasteiger partial charge < -0.3 is 4.74 Å². The first-order chi connectivity index (χ1) is 9.38. The summed E-state index contributed by atoms with van der Waals surface area (Å²) >= 11 is 0. The molecule has 0 heterocycles. The molecule has 0 radical (unpaired) electrons. The van der Waals surface area contributed by atoms with E-state index in [0.717, 1.165) is 12.7 Å². The first-order valence-electron chi connectivity index (χ1n) is 6.49. The quantitative estimate of drug-likeness (QED) is 0.419. The minimum absolute atomic E-state index is 0. The summed E-state index contributed by atoms with van der Waals surface area (Å²) < 4.78 is 31.4. The molecule has 6 heteroatoms. The number of carbonyl (C=O) groups excluding carboxylic acids is 1. The summed E-state index contributed by atoms with van der Waals surface area (Å²) in [6.45, 7) is 1.98. The van der Waals surface area contributed by atoms with E-state index in [1.165, 1.54) is 0 Å². The third-order valence-corrected chi connectivity index (χ3v) is 3.21. The topological polar surface area (TPSA) is 69.7 Å². The predicted octanol–water partition coefficient (Wildman–Crippen LogP) is 3.01. The third kappa shape index (κ3) is 9.20. The van der Waals surface area contributed by atoms with Crippen LogP contribution in [0.25, 0.3) is 0 Å². The van der Waals surface area contributed by atoms with Gasteiger partial charge in [-0.3, -0.25) is 4.18 Å². The highest BCUT2D eigenvalue weighted by Crippen LogP contribution is 2.09. The summed E-state index contributed by atoms with van der Waals surface area (Å²) in [5, 5.41) is 0. The molecule has 0 aliphatic carbocycles. The van der Waals surface area contributed by atoms with Crippen molar-refractivity contribution in [1.82, 2.24) is 0 Å². The first-order valence-corrected chi connectivity index (χ1v) is 8.30. The maximum Gasteiger partial charge on any atom is 0.338 e. The van der Waals surface area contributed by atoms with Gasteiger partial charge in [0.25, 0.3) is 10.1 Å². The average Bonchev–Trinajstić information content (AvgIpc) is 2.38. The second-order valence-corrected chi connectivity index (χ2v) is 6.25. The Kier molecular flexibility index (Phi) is 8.89. The van der Waals surface area contributed by atoms with E-state index >= 15 is 0 Å². The van der Waals surface area contributed by atoms with Crippen molar-refractivity contribution in [3.63, 3.8) is 0 Å². The Balaban J connectivity index is 0.00000400. The van der Waals surface area contributed by atoms with Gasteiger partial charge in [0.1, 0.15) is 0 Å². The van der Waals surface area contributed by atoms with Crippen LogP contribution in [0.3, 0.4) is 0 Å². The molecule has 0 unspecified atom stereocenters. The highest BCUT2D eigenvalue weighted by atomic mass is 32.2. The van der Waals surface area contributed by atoms with Crippen LogP contribution >= 0.6 is 0 Å². The molecule has 0 N–H and O–H groups in total. The van der Waals surface area contributed by atoms with Crippen molar-refractivity contribution in [1.29, 1.82) is 0 Å². The Hall–Kier alpha value is -1.40. The molecule has 0 aromatic heterocycles. The Morgan fingerprint density at radius 3 is 2.38 bits per heavy atom. The molecule has 0 aliphatic heterocycles. The molecule has 0 bridgehead atoms. The zero-order valence-electron chi connectivity index (χ0n) is 11.7. The number of ether oxygens (including phenoxy) is 1. The van der Waals surface area contributed by atoms with Crippen LogP contribution in [0.2, 0.25) is 0 Å². The summed E-state index contributed by atoms with van der Waals surface area (Å²) in [5.74, 6) is -0.342. The standard InChI is InChI=1S/C14H20O5S.CH4/c1-12(8-6-7-11-18-20(2,16)17)19-14(15)13-9-4-3-5-10-13;/h3-5,9-10,12H,6-8,11H2,1-2H3;1H4/t12-;/m1./s1. The zero-order valence-corrected chi connectivity index (χ0v) is 12.6. The van der Waals surface area contributed by atoms with E-state index in [4.69, 9.17) is 4.74 Å². The minimum Gasteiger partial charge on any atom is -0.459 e. The van der Waals surface area contributed by atoms with Gasteiger partial charge in [-0.1, -0.05) is 25.6 Å².